The number of imidazole rings is 1. The Kier molecular flexibility index (Phi) is 3.58. The predicted octanol–water partition coefficient (Wildman–Crippen LogP) is 3.33. The maximum atomic E-state index is 12.5. The molecule has 0 spiro atoms. The fourth-order valence-corrected chi connectivity index (χ4v) is 4.45. The van der Waals surface area contributed by atoms with Gasteiger partial charge in [-0.1, -0.05) is 11.6 Å². The van der Waals surface area contributed by atoms with E-state index in [2.05, 4.69) is 15.0 Å². The van der Waals surface area contributed by atoms with Crippen LogP contribution in [0.5, 0.6) is 0 Å². The van der Waals surface area contributed by atoms with Crippen LogP contribution < -0.4 is 5.56 Å². The Hall–Kier alpha value is -1.92. The van der Waals surface area contributed by atoms with Crippen molar-refractivity contribution in [1.29, 1.82) is 0 Å². The average molecular weight is 347 g/mol. The molecular weight excluding hydrogens is 332 g/mol. The zero-order chi connectivity index (χ0) is 16.0. The van der Waals surface area contributed by atoms with Crippen molar-refractivity contribution in [1.82, 2.24) is 19.5 Å². The van der Waals surface area contributed by atoms with Crippen molar-refractivity contribution < 1.29 is 0 Å². The molecule has 118 valence electrons. The van der Waals surface area contributed by atoms with E-state index in [-0.39, 0.29) is 5.56 Å². The number of fused-ring (bicyclic) bond motifs is 3. The number of rotatable bonds is 2. The molecule has 0 atom stereocenters. The molecule has 23 heavy (non-hydrogen) atoms. The van der Waals surface area contributed by atoms with E-state index in [1.807, 2.05) is 11.6 Å². The molecule has 3 aromatic heterocycles. The first-order valence-corrected chi connectivity index (χ1v) is 8.71. The van der Waals surface area contributed by atoms with Crippen LogP contribution in [0.1, 0.15) is 34.8 Å². The van der Waals surface area contributed by atoms with E-state index < -0.39 is 0 Å². The number of thiophene rings is 1. The summed E-state index contributed by atoms with van der Waals surface area (Å²) >= 11 is 7.98. The van der Waals surface area contributed by atoms with E-state index in [4.69, 9.17) is 11.6 Å². The summed E-state index contributed by atoms with van der Waals surface area (Å²) in [6, 6.07) is 0. The van der Waals surface area contributed by atoms with Gasteiger partial charge in [0.25, 0.3) is 5.56 Å². The number of aryl methyl sites for hydroxylation is 3. The quantitative estimate of drug-likeness (QED) is 0.774. The van der Waals surface area contributed by atoms with Gasteiger partial charge >= 0.3 is 0 Å². The lowest BCUT2D eigenvalue weighted by Crippen LogP contribution is -2.12. The lowest BCUT2D eigenvalue weighted by molar-refractivity contribution is 0.700. The van der Waals surface area contributed by atoms with Crippen LogP contribution in [-0.4, -0.2) is 19.5 Å². The van der Waals surface area contributed by atoms with Gasteiger partial charge in [0, 0.05) is 11.9 Å². The molecule has 0 bridgehead atoms. The Morgan fingerprint density at radius 1 is 1.43 bits per heavy atom. The molecule has 0 saturated carbocycles. The fourth-order valence-electron chi connectivity index (χ4n) is 2.98. The second-order valence-electron chi connectivity index (χ2n) is 5.73. The van der Waals surface area contributed by atoms with Crippen molar-refractivity contribution in [2.24, 2.45) is 7.05 Å². The number of nitrogens with one attached hydrogen (secondary N) is 1. The number of aromatic nitrogens is 4. The minimum Gasteiger partial charge on any atom is -0.334 e. The fraction of sp³-hybridized carbons (Fsp3) is 0.312. The third kappa shape index (κ3) is 2.52. The van der Waals surface area contributed by atoms with Gasteiger partial charge in [0.15, 0.2) is 5.82 Å². The third-order valence-corrected chi connectivity index (χ3v) is 5.65. The molecule has 0 aromatic carbocycles. The number of aromatic amines is 1. The molecule has 0 amide bonds. The number of hydrogen-bond acceptors (Lipinski definition) is 4. The summed E-state index contributed by atoms with van der Waals surface area (Å²) in [5.74, 6) is 0.406. The highest BCUT2D eigenvalue weighted by molar-refractivity contribution is 7.18. The lowest BCUT2D eigenvalue weighted by Gasteiger charge is -2.09. The summed E-state index contributed by atoms with van der Waals surface area (Å²) < 4.78 is 1.85. The summed E-state index contributed by atoms with van der Waals surface area (Å²) in [6.45, 7) is 0. The summed E-state index contributed by atoms with van der Waals surface area (Å²) in [4.78, 5) is 26.1. The van der Waals surface area contributed by atoms with Gasteiger partial charge in [-0.2, -0.15) is 0 Å². The van der Waals surface area contributed by atoms with E-state index in [0.717, 1.165) is 35.2 Å². The van der Waals surface area contributed by atoms with Gasteiger partial charge in [0.1, 0.15) is 4.83 Å². The highest BCUT2D eigenvalue weighted by atomic mass is 35.5. The van der Waals surface area contributed by atoms with Gasteiger partial charge < -0.3 is 9.55 Å². The Labute approximate surface area is 141 Å². The molecule has 7 heteroatoms. The molecule has 3 heterocycles. The standard InChI is InChI=1S/C16H15ClN4OS/c1-21-8-18-7-9(21)6-11(17)14-19-15(22)13-10-4-2-3-5-12(10)23-16(13)20-14/h6-8H,2-5H2,1H3,(H,19,20,22). The maximum absolute atomic E-state index is 12.5. The van der Waals surface area contributed by atoms with Crippen LogP contribution in [0.25, 0.3) is 21.3 Å². The molecule has 0 fully saturated rings. The molecule has 1 aliphatic rings. The van der Waals surface area contributed by atoms with Crippen molar-refractivity contribution in [2.45, 2.75) is 25.7 Å². The summed E-state index contributed by atoms with van der Waals surface area (Å²) in [5.41, 5.74) is 1.94. The molecular formula is C16H15ClN4OS. The smallest absolute Gasteiger partial charge is 0.260 e. The van der Waals surface area contributed by atoms with Gasteiger partial charge in [-0.25, -0.2) is 9.97 Å². The number of H-pyrrole nitrogens is 1. The summed E-state index contributed by atoms with van der Waals surface area (Å²) in [5, 5.41) is 1.15. The largest absolute Gasteiger partial charge is 0.334 e. The zero-order valence-corrected chi connectivity index (χ0v) is 14.2. The summed E-state index contributed by atoms with van der Waals surface area (Å²) in [6.07, 6.45) is 9.51. The zero-order valence-electron chi connectivity index (χ0n) is 12.6. The van der Waals surface area contributed by atoms with E-state index in [9.17, 15) is 4.79 Å². The third-order valence-electron chi connectivity index (χ3n) is 4.18. The molecule has 4 rings (SSSR count). The maximum Gasteiger partial charge on any atom is 0.260 e. The van der Waals surface area contributed by atoms with Crippen LogP contribution in [0, 0.1) is 0 Å². The van der Waals surface area contributed by atoms with E-state index in [0.29, 0.717) is 10.9 Å². The van der Waals surface area contributed by atoms with Crippen LogP contribution in [0.2, 0.25) is 0 Å². The minimum absolute atomic E-state index is 0.0963. The highest BCUT2D eigenvalue weighted by Crippen LogP contribution is 2.34. The van der Waals surface area contributed by atoms with E-state index in [1.54, 1.807) is 29.9 Å². The predicted molar refractivity (Wildman–Crippen MR) is 93.8 cm³/mol. The lowest BCUT2D eigenvalue weighted by atomic mass is 9.97. The molecule has 0 saturated heterocycles. The SMILES string of the molecule is Cn1cncc1C=C(Cl)c1nc2sc3c(c2c(=O)[nH]1)CCCC3. The van der Waals surface area contributed by atoms with Gasteiger partial charge in [0.05, 0.1) is 28.6 Å². The van der Waals surface area contributed by atoms with E-state index >= 15 is 0 Å². The molecule has 0 radical (unpaired) electrons. The van der Waals surface area contributed by atoms with Crippen molar-refractivity contribution in [3.8, 4) is 0 Å². The molecule has 0 unspecified atom stereocenters. The van der Waals surface area contributed by atoms with Crippen LogP contribution in [-0.2, 0) is 19.9 Å². The van der Waals surface area contributed by atoms with Crippen molar-refractivity contribution in [3.63, 3.8) is 0 Å². The topological polar surface area (TPSA) is 63.6 Å². The van der Waals surface area contributed by atoms with Crippen LogP contribution >= 0.6 is 22.9 Å². The first-order chi connectivity index (χ1) is 11.1. The van der Waals surface area contributed by atoms with Gasteiger partial charge in [-0.05, 0) is 37.3 Å². The Balaban J connectivity index is 1.84. The number of halogens is 1. The molecule has 5 nitrogen and oxygen atoms in total. The van der Waals surface area contributed by atoms with Gasteiger partial charge in [0.2, 0.25) is 0 Å². The molecule has 1 aliphatic carbocycles. The molecule has 0 aliphatic heterocycles. The number of hydrogen-bond donors (Lipinski definition) is 1. The van der Waals surface area contributed by atoms with Gasteiger partial charge in [-0.3, -0.25) is 4.79 Å². The van der Waals surface area contributed by atoms with Crippen LogP contribution in [0.3, 0.4) is 0 Å². The Morgan fingerprint density at radius 2 is 2.26 bits per heavy atom. The average Bonchev–Trinajstić information content (AvgIpc) is 3.10. The first-order valence-electron chi connectivity index (χ1n) is 7.52. The molecule has 3 aromatic rings. The highest BCUT2D eigenvalue weighted by Gasteiger charge is 2.20. The summed E-state index contributed by atoms with van der Waals surface area (Å²) in [7, 11) is 1.88. The van der Waals surface area contributed by atoms with Crippen molar-refractivity contribution in [2.75, 3.05) is 0 Å². The van der Waals surface area contributed by atoms with Crippen molar-refractivity contribution >= 4 is 44.3 Å². The second-order valence-corrected chi connectivity index (χ2v) is 7.22. The van der Waals surface area contributed by atoms with Crippen LogP contribution in [0.15, 0.2) is 17.3 Å². The van der Waals surface area contributed by atoms with E-state index in [1.165, 1.54) is 16.9 Å². The first kappa shape index (κ1) is 14.7. The normalized spacial score (nSPS) is 15.1. The molecule has 1 N–H and O–H groups in total. The van der Waals surface area contributed by atoms with Gasteiger partial charge in [-0.15, -0.1) is 11.3 Å². The van der Waals surface area contributed by atoms with Crippen LogP contribution in [0.4, 0.5) is 0 Å². The van der Waals surface area contributed by atoms with Crippen molar-refractivity contribution in [3.05, 3.63) is 44.8 Å². The second kappa shape index (κ2) is 5.62. The number of nitrogens with zero attached hydrogens (tertiary/aromatic N) is 3. The monoisotopic (exact) mass is 346 g/mol. The Morgan fingerprint density at radius 3 is 3.04 bits per heavy atom. The Bertz CT molecular complexity index is 982. The minimum atomic E-state index is -0.0963.